The zero-order valence-corrected chi connectivity index (χ0v) is 20.4. The number of carbonyl (C=O) groups excluding carboxylic acids is 2. The molecule has 1 atom stereocenters. The summed E-state index contributed by atoms with van der Waals surface area (Å²) in [7, 11) is -3.93. The largest absolute Gasteiger partial charge is 0.507 e. The van der Waals surface area contributed by atoms with Crippen LogP contribution in [0.4, 0.5) is 5.69 Å². The Morgan fingerprint density at radius 3 is 2.00 bits per heavy atom. The van der Waals surface area contributed by atoms with E-state index in [-0.39, 0.29) is 22.1 Å². The maximum absolute atomic E-state index is 13.2. The van der Waals surface area contributed by atoms with Crippen molar-refractivity contribution in [2.24, 2.45) is 5.14 Å². The summed E-state index contributed by atoms with van der Waals surface area (Å²) in [4.78, 5) is 27.6. The number of hydrogen-bond acceptors (Lipinski definition) is 5. The quantitative estimate of drug-likeness (QED) is 0.312. The number of aliphatic hydroxyl groups is 1. The first kappa shape index (κ1) is 24.4. The summed E-state index contributed by atoms with van der Waals surface area (Å²) in [5.41, 5.74) is 3.39. The van der Waals surface area contributed by atoms with E-state index in [0.717, 1.165) is 11.1 Å². The Balaban J connectivity index is 1.91. The van der Waals surface area contributed by atoms with Crippen molar-refractivity contribution in [2.75, 3.05) is 4.90 Å². The van der Waals surface area contributed by atoms with Gasteiger partial charge in [0.05, 0.1) is 16.5 Å². The van der Waals surface area contributed by atoms with Crippen LogP contribution < -0.4 is 10.0 Å². The van der Waals surface area contributed by atoms with Crippen molar-refractivity contribution in [1.29, 1.82) is 0 Å². The highest BCUT2D eigenvalue weighted by Crippen LogP contribution is 2.42. The average molecular weight is 491 g/mol. The predicted molar refractivity (Wildman–Crippen MR) is 134 cm³/mol. The lowest BCUT2D eigenvalue weighted by Gasteiger charge is -2.26. The second-order valence-corrected chi connectivity index (χ2v) is 10.5. The number of benzene rings is 3. The molecule has 3 aromatic rings. The number of ketones is 1. The summed E-state index contributed by atoms with van der Waals surface area (Å²) >= 11 is 0. The average Bonchev–Trinajstić information content (AvgIpc) is 3.09. The summed E-state index contributed by atoms with van der Waals surface area (Å²) in [5.74, 6) is -1.63. The molecule has 1 fully saturated rings. The fraction of sp³-hybridized carbons (Fsp3) is 0.185. The Morgan fingerprint density at radius 2 is 1.49 bits per heavy atom. The van der Waals surface area contributed by atoms with Crippen LogP contribution in [-0.4, -0.2) is 25.2 Å². The molecular weight excluding hydrogens is 464 g/mol. The van der Waals surface area contributed by atoms with E-state index in [0.29, 0.717) is 16.8 Å². The molecule has 8 heteroatoms. The van der Waals surface area contributed by atoms with Crippen molar-refractivity contribution in [1.82, 2.24) is 0 Å². The molecule has 180 valence electrons. The van der Waals surface area contributed by atoms with E-state index in [4.69, 9.17) is 5.14 Å². The lowest BCUT2D eigenvalue weighted by atomic mass is 9.93. The molecule has 3 N–H and O–H groups in total. The van der Waals surface area contributed by atoms with E-state index in [2.05, 4.69) is 13.8 Å². The Hall–Kier alpha value is -3.75. The third kappa shape index (κ3) is 4.62. The highest BCUT2D eigenvalue weighted by atomic mass is 32.2. The van der Waals surface area contributed by atoms with Crippen LogP contribution in [0.2, 0.25) is 0 Å². The van der Waals surface area contributed by atoms with Gasteiger partial charge in [0.15, 0.2) is 0 Å². The Bertz CT molecular complexity index is 1420. The van der Waals surface area contributed by atoms with Gasteiger partial charge in [-0.15, -0.1) is 0 Å². The van der Waals surface area contributed by atoms with Gasteiger partial charge in [0.2, 0.25) is 10.0 Å². The van der Waals surface area contributed by atoms with Crippen molar-refractivity contribution in [3.8, 4) is 0 Å². The molecule has 35 heavy (non-hydrogen) atoms. The highest BCUT2D eigenvalue weighted by molar-refractivity contribution is 7.89. The molecule has 0 saturated carbocycles. The molecule has 0 spiro atoms. The van der Waals surface area contributed by atoms with E-state index < -0.39 is 27.8 Å². The molecule has 0 aromatic heterocycles. The zero-order valence-electron chi connectivity index (χ0n) is 19.6. The molecule has 4 rings (SSSR count). The van der Waals surface area contributed by atoms with E-state index in [1.54, 1.807) is 12.1 Å². The van der Waals surface area contributed by atoms with Gasteiger partial charge < -0.3 is 5.11 Å². The minimum atomic E-state index is -3.93. The fourth-order valence-corrected chi connectivity index (χ4v) is 4.66. The van der Waals surface area contributed by atoms with Crippen LogP contribution in [0.1, 0.15) is 48.1 Å². The van der Waals surface area contributed by atoms with Crippen molar-refractivity contribution in [3.05, 3.63) is 101 Å². The normalized spacial score (nSPS) is 17.9. The van der Waals surface area contributed by atoms with E-state index in [9.17, 15) is 23.1 Å². The molecule has 1 unspecified atom stereocenters. The van der Waals surface area contributed by atoms with Gasteiger partial charge in [-0.05, 0) is 48.2 Å². The summed E-state index contributed by atoms with van der Waals surface area (Å²) in [6.45, 7) is 6.03. The predicted octanol–water partition coefficient (Wildman–Crippen LogP) is 4.39. The molecule has 1 aliphatic rings. The zero-order chi connectivity index (χ0) is 25.5. The van der Waals surface area contributed by atoms with Crippen molar-refractivity contribution >= 4 is 33.2 Å². The molecule has 1 saturated heterocycles. The maximum atomic E-state index is 13.2. The molecule has 0 aliphatic carbocycles. The van der Waals surface area contributed by atoms with Crippen LogP contribution in [0.15, 0.2) is 83.3 Å². The number of primary sulfonamides is 1. The molecule has 1 aliphatic heterocycles. The van der Waals surface area contributed by atoms with Gasteiger partial charge in [-0.1, -0.05) is 67.9 Å². The minimum Gasteiger partial charge on any atom is -0.507 e. The van der Waals surface area contributed by atoms with Crippen LogP contribution in [-0.2, 0) is 19.6 Å². The molecular formula is C27H26N2O5S. The maximum Gasteiger partial charge on any atom is 0.300 e. The number of nitrogens with two attached hydrogens (primary N) is 1. The van der Waals surface area contributed by atoms with E-state index >= 15 is 0 Å². The van der Waals surface area contributed by atoms with Gasteiger partial charge in [0, 0.05) is 11.3 Å². The van der Waals surface area contributed by atoms with E-state index in [1.165, 1.54) is 29.2 Å². The van der Waals surface area contributed by atoms with Gasteiger partial charge in [0.1, 0.15) is 5.76 Å². The highest BCUT2D eigenvalue weighted by Gasteiger charge is 2.47. The number of sulfonamides is 1. The summed E-state index contributed by atoms with van der Waals surface area (Å²) in [6, 6.07) is 19.0. The Morgan fingerprint density at radius 1 is 0.914 bits per heavy atom. The first-order valence-electron chi connectivity index (χ1n) is 11.1. The molecule has 0 radical (unpaired) electrons. The van der Waals surface area contributed by atoms with Crippen LogP contribution >= 0.6 is 0 Å². The molecule has 7 nitrogen and oxygen atoms in total. The van der Waals surface area contributed by atoms with Crippen LogP contribution in [0.5, 0.6) is 0 Å². The Kier molecular flexibility index (Phi) is 6.36. The molecule has 3 aromatic carbocycles. The van der Waals surface area contributed by atoms with Gasteiger partial charge in [-0.3, -0.25) is 14.5 Å². The number of rotatable bonds is 5. The summed E-state index contributed by atoms with van der Waals surface area (Å²) < 4.78 is 23.4. The first-order valence-corrected chi connectivity index (χ1v) is 12.6. The van der Waals surface area contributed by atoms with Crippen molar-refractivity contribution < 1.29 is 23.1 Å². The number of aliphatic hydroxyl groups excluding tert-OH is 1. The van der Waals surface area contributed by atoms with Crippen LogP contribution in [0.25, 0.3) is 5.76 Å². The monoisotopic (exact) mass is 490 g/mol. The standard InChI is InChI=1S/C27H26N2O5S/c1-16(2)18-8-10-19(11-9-18)24-23(25(30)20-6-4-17(3)5-7-20)26(31)27(32)29(24)21-12-14-22(15-13-21)35(28,33)34/h4-16,24,30H,1-3H3,(H2,28,33,34)/b25-23-. The number of nitrogens with zero attached hydrogens (tertiary/aromatic N) is 1. The lowest BCUT2D eigenvalue weighted by Crippen LogP contribution is -2.29. The molecule has 0 bridgehead atoms. The van der Waals surface area contributed by atoms with Crippen LogP contribution in [0.3, 0.4) is 0 Å². The topological polar surface area (TPSA) is 118 Å². The second-order valence-electron chi connectivity index (χ2n) is 8.90. The van der Waals surface area contributed by atoms with Crippen molar-refractivity contribution in [3.63, 3.8) is 0 Å². The summed E-state index contributed by atoms with van der Waals surface area (Å²) in [5, 5.41) is 16.4. The second kappa shape index (κ2) is 9.13. The number of anilines is 1. The number of hydrogen-bond donors (Lipinski definition) is 2. The van der Waals surface area contributed by atoms with E-state index in [1.807, 2.05) is 43.3 Å². The Labute approximate surface area is 204 Å². The third-order valence-corrected chi connectivity index (χ3v) is 7.06. The van der Waals surface area contributed by atoms with Gasteiger partial charge in [-0.25, -0.2) is 13.6 Å². The molecule has 1 amide bonds. The molecule has 1 heterocycles. The number of amides is 1. The fourth-order valence-electron chi connectivity index (χ4n) is 4.14. The van der Waals surface area contributed by atoms with Crippen LogP contribution in [0, 0.1) is 6.92 Å². The van der Waals surface area contributed by atoms with Gasteiger partial charge in [-0.2, -0.15) is 0 Å². The van der Waals surface area contributed by atoms with Gasteiger partial charge >= 0.3 is 0 Å². The minimum absolute atomic E-state index is 0.0355. The van der Waals surface area contributed by atoms with Crippen molar-refractivity contribution in [2.45, 2.75) is 37.6 Å². The SMILES string of the molecule is Cc1ccc(/C(O)=C2/C(=O)C(=O)N(c3ccc(S(N)(=O)=O)cc3)C2c2ccc(C(C)C)cc2)cc1. The smallest absolute Gasteiger partial charge is 0.300 e. The van der Waals surface area contributed by atoms with Gasteiger partial charge in [0.25, 0.3) is 11.7 Å². The first-order chi connectivity index (χ1) is 16.5. The lowest BCUT2D eigenvalue weighted by molar-refractivity contribution is -0.132. The number of carbonyl (C=O) groups is 2. The number of Topliss-reactive ketones (excluding diaryl/α,β-unsaturated/α-hetero) is 1. The summed E-state index contributed by atoms with van der Waals surface area (Å²) in [6.07, 6.45) is 0. The number of aryl methyl sites for hydroxylation is 1. The third-order valence-electron chi connectivity index (χ3n) is 6.13.